The Morgan fingerprint density at radius 2 is 1.96 bits per heavy atom. The molecule has 0 bridgehead atoms. The van der Waals surface area contributed by atoms with Crippen LogP contribution in [0.15, 0.2) is 16.6 Å². The number of rotatable bonds is 6. The molecule has 7 nitrogen and oxygen atoms in total. The highest BCUT2D eigenvalue weighted by Gasteiger charge is 2.22. The molecule has 0 unspecified atom stereocenters. The van der Waals surface area contributed by atoms with Crippen molar-refractivity contribution < 1.29 is 23.9 Å². The number of imide groups is 1. The van der Waals surface area contributed by atoms with E-state index in [2.05, 4.69) is 26.6 Å². The second-order valence-corrected chi connectivity index (χ2v) is 6.70. The molecule has 1 atom stereocenters. The van der Waals surface area contributed by atoms with Gasteiger partial charge in [-0.3, -0.25) is 14.9 Å². The molecule has 25 heavy (non-hydrogen) atoms. The van der Waals surface area contributed by atoms with Crippen molar-refractivity contribution in [2.45, 2.75) is 44.8 Å². The molecule has 1 aliphatic rings. The van der Waals surface area contributed by atoms with Crippen LogP contribution in [0.1, 0.15) is 43.0 Å². The highest BCUT2D eigenvalue weighted by molar-refractivity contribution is 9.10. The van der Waals surface area contributed by atoms with Gasteiger partial charge in [0.25, 0.3) is 5.91 Å². The molecule has 1 aromatic rings. The van der Waals surface area contributed by atoms with Crippen LogP contribution in [0.25, 0.3) is 0 Å². The second kappa shape index (κ2) is 8.84. The molecule has 2 rings (SSSR count). The summed E-state index contributed by atoms with van der Waals surface area (Å²) in [7, 11) is 1.45. The first-order chi connectivity index (χ1) is 11.9. The van der Waals surface area contributed by atoms with Gasteiger partial charge in [-0.15, -0.1) is 0 Å². The van der Waals surface area contributed by atoms with E-state index in [4.69, 9.17) is 9.47 Å². The molecule has 136 valence electrons. The van der Waals surface area contributed by atoms with E-state index in [9.17, 15) is 14.4 Å². The molecule has 0 saturated heterocycles. The Labute approximate surface area is 154 Å². The van der Waals surface area contributed by atoms with Crippen molar-refractivity contribution in [2.24, 2.45) is 0 Å². The van der Waals surface area contributed by atoms with Crippen LogP contribution in [0.5, 0.6) is 11.5 Å². The molecule has 8 heteroatoms. The van der Waals surface area contributed by atoms with Gasteiger partial charge in [0.05, 0.1) is 7.11 Å². The molecule has 1 aliphatic carbocycles. The van der Waals surface area contributed by atoms with Gasteiger partial charge in [-0.05, 0) is 47.8 Å². The molecule has 0 heterocycles. The maximum absolute atomic E-state index is 12.1. The topological polar surface area (TPSA) is 93.7 Å². The number of halogens is 1. The van der Waals surface area contributed by atoms with E-state index in [1.54, 1.807) is 6.07 Å². The Bertz CT molecular complexity index is 659. The maximum atomic E-state index is 12.1. The average Bonchev–Trinajstić information content (AvgIpc) is 3.08. The minimum absolute atomic E-state index is 0.116. The summed E-state index contributed by atoms with van der Waals surface area (Å²) in [5, 5.41) is 5.04. The van der Waals surface area contributed by atoms with Crippen molar-refractivity contribution >= 4 is 34.2 Å². The Balaban J connectivity index is 1.98. The van der Waals surface area contributed by atoms with Crippen molar-refractivity contribution in [3.8, 4) is 11.5 Å². The van der Waals surface area contributed by atoms with Gasteiger partial charge < -0.3 is 14.8 Å². The van der Waals surface area contributed by atoms with E-state index in [0.717, 1.165) is 25.7 Å². The predicted molar refractivity (Wildman–Crippen MR) is 95.1 cm³/mol. The minimum Gasteiger partial charge on any atom is -0.493 e. The summed E-state index contributed by atoms with van der Waals surface area (Å²) in [5.41, 5.74) is 0.363. The zero-order valence-corrected chi connectivity index (χ0v) is 15.7. The summed E-state index contributed by atoms with van der Waals surface area (Å²) < 4.78 is 11.3. The monoisotopic (exact) mass is 412 g/mol. The zero-order chi connectivity index (χ0) is 18.4. The number of amides is 3. The van der Waals surface area contributed by atoms with E-state index < -0.39 is 18.0 Å². The molecule has 0 radical (unpaired) electrons. The Morgan fingerprint density at radius 1 is 1.28 bits per heavy atom. The van der Waals surface area contributed by atoms with Gasteiger partial charge in [0.15, 0.2) is 23.9 Å². The number of methoxy groups -OCH3 is 1. The van der Waals surface area contributed by atoms with Gasteiger partial charge in [0.2, 0.25) is 0 Å². The summed E-state index contributed by atoms with van der Waals surface area (Å²) in [6.07, 6.45) is 3.75. The van der Waals surface area contributed by atoms with Crippen LogP contribution < -0.4 is 20.1 Å². The summed E-state index contributed by atoms with van der Waals surface area (Å²) in [6, 6.07) is 2.64. The third-order valence-electron chi connectivity index (χ3n) is 4.01. The number of nitrogens with one attached hydrogen (secondary N) is 2. The lowest BCUT2D eigenvalue weighted by Crippen LogP contribution is -2.47. The summed E-state index contributed by atoms with van der Waals surface area (Å²) in [4.78, 5) is 35.0. The fourth-order valence-corrected chi connectivity index (χ4v) is 3.06. The van der Waals surface area contributed by atoms with E-state index in [1.807, 2.05) is 0 Å². The number of carbonyl (C=O) groups excluding carboxylic acids is 3. The van der Waals surface area contributed by atoms with Crippen LogP contribution in [0, 0.1) is 0 Å². The molecular weight excluding hydrogens is 392 g/mol. The van der Waals surface area contributed by atoms with Gasteiger partial charge >= 0.3 is 6.03 Å². The van der Waals surface area contributed by atoms with Crippen LogP contribution in [-0.4, -0.2) is 37.5 Å². The number of urea groups is 1. The molecule has 2 N–H and O–H groups in total. The molecule has 1 fully saturated rings. The minimum atomic E-state index is -0.941. The highest BCUT2D eigenvalue weighted by atomic mass is 79.9. The van der Waals surface area contributed by atoms with E-state index in [0.29, 0.717) is 22.1 Å². The van der Waals surface area contributed by atoms with E-state index in [-0.39, 0.29) is 11.8 Å². The van der Waals surface area contributed by atoms with Gasteiger partial charge in [-0.25, -0.2) is 4.79 Å². The SMILES string of the molecule is COc1cc(Br)c(C=O)cc1O[C@@H](C)C(=O)NC(=O)NC1CCCC1. The normalized spacial score (nSPS) is 15.3. The number of carbonyl (C=O) groups is 3. The first kappa shape index (κ1) is 19.2. The standard InChI is InChI=1S/C17H21BrN2O5/c1-10(16(22)20-17(23)19-12-5-3-4-6-12)25-15-7-11(9-21)13(18)8-14(15)24-2/h7-10,12H,3-6H2,1-2H3,(H2,19,20,22,23)/t10-/m0/s1. The first-order valence-corrected chi connectivity index (χ1v) is 8.84. The van der Waals surface area contributed by atoms with Crippen molar-refractivity contribution in [3.05, 3.63) is 22.2 Å². The Kier molecular flexibility index (Phi) is 6.81. The van der Waals surface area contributed by atoms with Crippen molar-refractivity contribution in [2.75, 3.05) is 7.11 Å². The lowest BCUT2D eigenvalue weighted by atomic mass is 10.2. The zero-order valence-electron chi connectivity index (χ0n) is 14.1. The molecule has 0 aromatic heterocycles. The molecule has 1 saturated carbocycles. The highest BCUT2D eigenvalue weighted by Crippen LogP contribution is 2.33. The van der Waals surface area contributed by atoms with Crippen LogP contribution in [0.4, 0.5) is 4.79 Å². The van der Waals surface area contributed by atoms with E-state index >= 15 is 0 Å². The lowest BCUT2D eigenvalue weighted by Gasteiger charge is -2.18. The fraction of sp³-hybridized carbons (Fsp3) is 0.471. The van der Waals surface area contributed by atoms with E-state index in [1.165, 1.54) is 20.1 Å². The molecule has 3 amide bonds. The van der Waals surface area contributed by atoms with Crippen molar-refractivity contribution in [3.63, 3.8) is 0 Å². The maximum Gasteiger partial charge on any atom is 0.321 e. The van der Waals surface area contributed by atoms with Gasteiger partial charge in [-0.2, -0.15) is 0 Å². The number of benzene rings is 1. The molecular formula is C17H21BrN2O5. The van der Waals surface area contributed by atoms with Crippen LogP contribution in [0.2, 0.25) is 0 Å². The summed E-state index contributed by atoms with van der Waals surface area (Å²) in [5.74, 6) is 0.0345. The number of aldehydes is 1. The summed E-state index contributed by atoms with van der Waals surface area (Å²) >= 11 is 3.25. The van der Waals surface area contributed by atoms with Crippen LogP contribution in [0.3, 0.4) is 0 Å². The third-order valence-corrected chi connectivity index (χ3v) is 4.70. The molecule has 1 aromatic carbocycles. The van der Waals surface area contributed by atoms with Crippen LogP contribution in [-0.2, 0) is 4.79 Å². The van der Waals surface area contributed by atoms with Gasteiger partial charge in [-0.1, -0.05) is 12.8 Å². The Morgan fingerprint density at radius 3 is 2.56 bits per heavy atom. The van der Waals surface area contributed by atoms with Gasteiger partial charge in [0.1, 0.15) is 0 Å². The predicted octanol–water partition coefficient (Wildman–Crippen LogP) is 2.81. The van der Waals surface area contributed by atoms with Crippen molar-refractivity contribution in [1.82, 2.24) is 10.6 Å². The number of hydrogen-bond donors (Lipinski definition) is 2. The second-order valence-electron chi connectivity index (χ2n) is 5.85. The molecule has 0 aliphatic heterocycles. The number of hydrogen-bond acceptors (Lipinski definition) is 5. The number of ether oxygens (including phenoxy) is 2. The quantitative estimate of drug-likeness (QED) is 0.700. The Hall–Kier alpha value is -2.09. The molecule has 0 spiro atoms. The smallest absolute Gasteiger partial charge is 0.321 e. The summed E-state index contributed by atoms with van der Waals surface area (Å²) in [6.45, 7) is 1.51. The van der Waals surface area contributed by atoms with Crippen LogP contribution >= 0.6 is 15.9 Å². The van der Waals surface area contributed by atoms with Crippen molar-refractivity contribution in [1.29, 1.82) is 0 Å². The lowest BCUT2D eigenvalue weighted by molar-refractivity contribution is -0.126. The first-order valence-electron chi connectivity index (χ1n) is 8.05. The fourth-order valence-electron chi connectivity index (χ4n) is 2.64. The largest absolute Gasteiger partial charge is 0.493 e. The third kappa shape index (κ3) is 5.19. The van der Waals surface area contributed by atoms with Gasteiger partial charge in [0, 0.05) is 16.1 Å². The average molecular weight is 413 g/mol.